The topological polar surface area (TPSA) is 64.0 Å². The average Bonchev–Trinajstić information content (AvgIpc) is 3.01. The maximum Gasteiger partial charge on any atom is 0.285 e. The SMILES string of the molecule is O=C(Cn1ncc2ccsc2c1=O)NCCc1ccc(Cl)cc1. The van der Waals surface area contributed by atoms with E-state index in [4.69, 9.17) is 11.6 Å². The number of halogens is 1. The number of hydrogen-bond donors (Lipinski definition) is 1. The number of carbonyl (C=O) groups excluding carboxylic acids is 1. The molecule has 1 N–H and O–H groups in total. The highest BCUT2D eigenvalue weighted by Gasteiger charge is 2.09. The van der Waals surface area contributed by atoms with Crippen molar-refractivity contribution in [3.8, 4) is 0 Å². The van der Waals surface area contributed by atoms with E-state index in [1.165, 1.54) is 16.0 Å². The van der Waals surface area contributed by atoms with Crippen LogP contribution in [0.2, 0.25) is 5.02 Å². The minimum absolute atomic E-state index is 0.0761. The molecule has 1 amide bonds. The van der Waals surface area contributed by atoms with Gasteiger partial charge in [0.1, 0.15) is 11.2 Å². The van der Waals surface area contributed by atoms with Crippen molar-refractivity contribution in [3.05, 3.63) is 62.8 Å². The van der Waals surface area contributed by atoms with Gasteiger partial charge in [-0.3, -0.25) is 9.59 Å². The van der Waals surface area contributed by atoms with E-state index >= 15 is 0 Å². The van der Waals surface area contributed by atoms with Crippen LogP contribution >= 0.6 is 22.9 Å². The smallest absolute Gasteiger partial charge is 0.285 e. The maximum absolute atomic E-state index is 12.2. The van der Waals surface area contributed by atoms with Gasteiger partial charge in [0, 0.05) is 17.0 Å². The summed E-state index contributed by atoms with van der Waals surface area (Å²) in [6.07, 6.45) is 2.31. The average molecular weight is 348 g/mol. The lowest BCUT2D eigenvalue weighted by atomic mass is 10.1. The first-order valence-electron chi connectivity index (χ1n) is 7.08. The van der Waals surface area contributed by atoms with Crippen molar-refractivity contribution >= 4 is 38.9 Å². The van der Waals surface area contributed by atoms with Crippen LogP contribution < -0.4 is 10.9 Å². The van der Waals surface area contributed by atoms with Crippen LogP contribution in [0, 0.1) is 0 Å². The van der Waals surface area contributed by atoms with E-state index in [1.807, 2.05) is 35.7 Å². The number of amides is 1. The van der Waals surface area contributed by atoms with Gasteiger partial charge < -0.3 is 5.32 Å². The third-order valence-corrected chi connectivity index (χ3v) is 4.57. The van der Waals surface area contributed by atoms with Gasteiger partial charge in [0.15, 0.2) is 0 Å². The van der Waals surface area contributed by atoms with E-state index in [9.17, 15) is 9.59 Å². The van der Waals surface area contributed by atoms with E-state index in [0.29, 0.717) is 22.7 Å². The molecule has 0 aliphatic rings. The summed E-state index contributed by atoms with van der Waals surface area (Å²) < 4.78 is 1.81. The van der Waals surface area contributed by atoms with E-state index in [2.05, 4.69) is 10.4 Å². The van der Waals surface area contributed by atoms with Gasteiger partial charge in [-0.25, -0.2) is 4.68 Å². The Morgan fingerprint density at radius 2 is 2.04 bits per heavy atom. The molecule has 118 valence electrons. The Morgan fingerprint density at radius 1 is 1.26 bits per heavy atom. The first kappa shape index (κ1) is 15.7. The lowest BCUT2D eigenvalue weighted by Gasteiger charge is -2.07. The van der Waals surface area contributed by atoms with Gasteiger partial charge in [-0.2, -0.15) is 5.10 Å². The van der Waals surface area contributed by atoms with Crippen molar-refractivity contribution in [1.29, 1.82) is 0 Å². The number of carbonyl (C=O) groups is 1. The summed E-state index contributed by atoms with van der Waals surface area (Å²) >= 11 is 7.18. The van der Waals surface area contributed by atoms with Crippen molar-refractivity contribution in [2.24, 2.45) is 0 Å². The molecular weight excluding hydrogens is 334 g/mol. The molecule has 3 aromatic rings. The van der Waals surface area contributed by atoms with Crippen LogP contribution in [0.4, 0.5) is 0 Å². The molecule has 3 rings (SSSR count). The number of nitrogens with zero attached hydrogens (tertiary/aromatic N) is 2. The molecule has 0 saturated carbocycles. The van der Waals surface area contributed by atoms with E-state index in [0.717, 1.165) is 10.9 Å². The van der Waals surface area contributed by atoms with Crippen molar-refractivity contribution in [3.63, 3.8) is 0 Å². The van der Waals surface area contributed by atoms with Gasteiger partial charge in [0.05, 0.1) is 6.20 Å². The molecule has 0 bridgehead atoms. The molecule has 0 unspecified atom stereocenters. The maximum atomic E-state index is 12.2. The Balaban J connectivity index is 1.57. The highest BCUT2D eigenvalue weighted by Crippen LogP contribution is 2.14. The predicted molar refractivity (Wildman–Crippen MR) is 92.0 cm³/mol. The standard InChI is InChI=1S/C16H14ClN3O2S/c17-13-3-1-11(2-4-13)5-7-18-14(21)10-20-16(22)15-12(9-19-20)6-8-23-15/h1-4,6,8-9H,5,7,10H2,(H,18,21). The summed E-state index contributed by atoms with van der Waals surface area (Å²) in [4.78, 5) is 24.1. The number of rotatable bonds is 5. The van der Waals surface area contributed by atoms with Gasteiger partial charge >= 0.3 is 0 Å². The monoisotopic (exact) mass is 347 g/mol. The van der Waals surface area contributed by atoms with Crippen LogP contribution in [-0.4, -0.2) is 22.2 Å². The fourth-order valence-electron chi connectivity index (χ4n) is 2.20. The van der Waals surface area contributed by atoms with Crippen molar-refractivity contribution in [2.75, 3.05) is 6.54 Å². The Hall–Kier alpha value is -2.18. The molecule has 7 heteroatoms. The first-order chi connectivity index (χ1) is 11.1. The van der Waals surface area contributed by atoms with Gasteiger partial charge in [0.2, 0.25) is 5.91 Å². The quantitative estimate of drug-likeness (QED) is 0.771. The van der Waals surface area contributed by atoms with E-state index in [1.54, 1.807) is 6.20 Å². The molecule has 0 saturated heterocycles. The largest absolute Gasteiger partial charge is 0.354 e. The zero-order valence-electron chi connectivity index (χ0n) is 12.2. The molecule has 23 heavy (non-hydrogen) atoms. The summed E-state index contributed by atoms with van der Waals surface area (Å²) in [5, 5.41) is 10.2. The Bertz CT molecular complexity index is 886. The molecule has 2 aromatic heterocycles. The zero-order valence-corrected chi connectivity index (χ0v) is 13.7. The van der Waals surface area contributed by atoms with Crippen LogP contribution in [0.1, 0.15) is 5.56 Å². The fourth-order valence-corrected chi connectivity index (χ4v) is 3.14. The lowest BCUT2D eigenvalue weighted by molar-refractivity contribution is -0.121. The molecule has 5 nitrogen and oxygen atoms in total. The Morgan fingerprint density at radius 3 is 2.83 bits per heavy atom. The molecule has 2 heterocycles. The second-order valence-electron chi connectivity index (χ2n) is 5.04. The zero-order chi connectivity index (χ0) is 16.2. The third-order valence-electron chi connectivity index (χ3n) is 3.40. The molecule has 1 aromatic carbocycles. The van der Waals surface area contributed by atoms with Crippen molar-refractivity contribution < 1.29 is 4.79 Å². The number of hydrogen-bond acceptors (Lipinski definition) is 4. The van der Waals surface area contributed by atoms with Gasteiger partial charge in [-0.15, -0.1) is 11.3 Å². The summed E-state index contributed by atoms with van der Waals surface area (Å²) in [5.74, 6) is -0.232. The minimum Gasteiger partial charge on any atom is -0.354 e. The molecule has 0 radical (unpaired) electrons. The predicted octanol–water partition coefficient (Wildman–Crippen LogP) is 2.47. The van der Waals surface area contributed by atoms with E-state index in [-0.39, 0.29) is 18.0 Å². The van der Waals surface area contributed by atoms with Gasteiger partial charge in [-0.05, 0) is 35.6 Å². The summed E-state index contributed by atoms with van der Waals surface area (Å²) in [6.45, 7) is 0.420. The number of benzene rings is 1. The molecule has 0 atom stereocenters. The third kappa shape index (κ3) is 3.78. The van der Waals surface area contributed by atoms with Crippen molar-refractivity contribution in [1.82, 2.24) is 15.1 Å². The Labute approximate surface area is 141 Å². The summed E-state index contributed by atoms with van der Waals surface area (Å²) in [6, 6.07) is 9.32. The first-order valence-corrected chi connectivity index (χ1v) is 8.34. The van der Waals surface area contributed by atoms with Gasteiger partial charge in [-0.1, -0.05) is 23.7 Å². The number of aromatic nitrogens is 2. The van der Waals surface area contributed by atoms with Crippen LogP contribution in [0.15, 0.2) is 46.7 Å². The van der Waals surface area contributed by atoms with Crippen molar-refractivity contribution in [2.45, 2.75) is 13.0 Å². The van der Waals surface area contributed by atoms with Crippen LogP contribution in [0.3, 0.4) is 0 Å². The minimum atomic E-state index is -0.232. The van der Waals surface area contributed by atoms with E-state index < -0.39 is 0 Å². The number of nitrogens with one attached hydrogen (secondary N) is 1. The number of fused-ring (bicyclic) bond motifs is 1. The summed E-state index contributed by atoms with van der Waals surface area (Å²) in [5.41, 5.74) is 0.857. The molecular formula is C16H14ClN3O2S. The van der Waals surface area contributed by atoms with Gasteiger partial charge in [0.25, 0.3) is 5.56 Å². The number of thiophene rings is 1. The highest BCUT2D eigenvalue weighted by atomic mass is 35.5. The second kappa shape index (κ2) is 6.93. The molecule has 0 spiro atoms. The fraction of sp³-hybridized carbons (Fsp3) is 0.188. The van der Waals surface area contributed by atoms with Crippen LogP contribution in [0.25, 0.3) is 10.1 Å². The molecule has 0 aliphatic heterocycles. The summed E-state index contributed by atoms with van der Waals surface area (Å²) in [7, 11) is 0. The Kier molecular flexibility index (Phi) is 4.73. The second-order valence-corrected chi connectivity index (χ2v) is 6.39. The van der Waals surface area contributed by atoms with Crippen LogP contribution in [-0.2, 0) is 17.8 Å². The normalized spacial score (nSPS) is 10.8. The highest BCUT2D eigenvalue weighted by molar-refractivity contribution is 7.17. The molecule has 0 aliphatic carbocycles. The molecule has 0 fully saturated rings. The lowest BCUT2D eigenvalue weighted by Crippen LogP contribution is -2.34. The van der Waals surface area contributed by atoms with Crippen LogP contribution in [0.5, 0.6) is 0 Å².